The average molecular weight is 352 g/mol. The van der Waals surface area contributed by atoms with Crippen molar-refractivity contribution in [1.82, 2.24) is 4.98 Å². The highest BCUT2D eigenvalue weighted by atomic mass is 32.2. The Hall–Kier alpha value is -2.31. The number of benzene rings is 2. The molecule has 6 heteroatoms. The molecule has 0 atom stereocenters. The molecule has 0 saturated carbocycles. The number of rotatable bonds is 0. The summed E-state index contributed by atoms with van der Waals surface area (Å²) in [5, 5.41) is 0. The van der Waals surface area contributed by atoms with Crippen molar-refractivity contribution < 1.29 is 8.42 Å². The van der Waals surface area contributed by atoms with Crippen molar-refractivity contribution in [3.8, 4) is 0 Å². The summed E-state index contributed by atoms with van der Waals surface area (Å²) >= 11 is 1.60. The maximum absolute atomic E-state index is 13.0. The van der Waals surface area contributed by atoms with Crippen LogP contribution in [0.25, 0.3) is 0 Å². The number of sulfone groups is 1. The molecule has 2 aliphatic rings. The molecule has 118 valence electrons. The first-order valence-corrected chi connectivity index (χ1v) is 9.79. The Balaban J connectivity index is 1.95. The average Bonchev–Trinajstić information content (AvgIpc) is 2.58. The van der Waals surface area contributed by atoms with Gasteiger partial charge in [0.05, 0.1) is 16.3 Å². The topological polar surface area (TPSA) is 50.3 Å². The molecule has 5 rings (SSSR count). The fourth-order valence-electron chi connectivity index (χ4n) is 3.25. The van der Waals surface area contributed by atoms with Crippen molar-refractivity contribution in [2.45, 2.75) is 26.5 Å². The maximum atomic E-state index is 13.0. The van der Waals surface area contributed by atoms with Gasteiger partial charge in [0.15, 0.2) is 5.82 Å². The second kappa shape index (κ2) is 4.62. The smallest absolute Gasteiger partial charge is 0.212 e. The summed E-state index contributed by atoms with van der Waals surface area (Å²) < 4.78 is 26.1. The van der Waals surface area contributed by atoms with Crippen LogP contribution < -0.4 is 4.90 Å². The van der Waals surface area contributed by atoms with Crippen LogP contribution in [0.1, 0.15) is 5.56 Å². The standard InChI is InChI=1S/C18H12N2O2S2/c1-11-7-8-13-12(10-11)20-17-14(23-13)4-2-5-15(17)24(21,22)16-6-3-9-19-18(16)20/h2-10H,1H3. The molecule has 0 bridgehead atoms. The zero-order valence-electron chi connectivity index (χ0n) is 12.7. The van der Waals surface area contributed by atoms with Gasteiger partial charge in [0.2, 0.25) is 9.84 Å². The third-order valence-electron chi connectivity index (χ3n) is 4.30. The molecule has 0 spiro atoms. The predicted octanol–water partition coefficient (Wildman–Crippen LogP) is 4.47. The Labute approximate surface area is 144 Å². The number of pyridine rings is 1. The van der Waals surface area contributed by atoms with Gasteiger partial charge in [-0.25, -0.2) is 13.4 Å². The fourth-order valence-corrected chi connectivity index (χ4v) is 5.98. The van der Waals surface area contributed by atoms with Crippen LogP contribution in [0.5, 0.6) is 0 Å². The van der Waals surface area contributed by atoms with Crippen molar-refractivity contribution >= 4 is 38.8 Å². The van der Waals surface area contributed by atoms with E-state index >= 15 is 0 Å². The lowest BCUT2D eigenvalue weighted by atomic mass is 10.1. The first-order chi connectivity index (χ1) is 11.6. The fraction of sp³-hybridized carbons (Fsp3) is 0.0556. The molecule has 0 N–H and O–H groups in total. The van der Waals surface area contributed by atoms with E-state index in [4.69, 9.17) is 0 Å². The minimum Gasteiger partial charge on any atom is -0.290 e. The molecule has 2 aromatic carbocycles. The molecule has 0 fully saturated rings. The molecule has 0 aliphatic carbocycles. The van der Waals surface area contributed by atoms with Crippen LogP contribution in [0.2, 0.25) is 0 Å². The molecule has 0 saturated heterocycles. The van der Waals surface area contributed by atoms with Gasteiger partial charge in [-0.1, -0.05) is 23.9 Å². The summed E-state index contributed by atoms with van der Waals surface area (Å²) in [5.74, 6) is 0.476. The van der Waals surface area contributed by atoms with E-state index in [0.717, 1.165) is 21.0 Å². The highest BCUT2D eigenvalue weighted by molar-refractivity contribution is 8.00. The first kappa shape index (κ1) is 14.1. The number of fused-ring (bicyclic) bond motifs is 4. The molecule has 2 aliphatic heterocycles. The van der Waals surface area contributed by atoms with Gasteiger partial charge >= 0.3 is 0 Å². The summed E-state index contributed by atoms with van der Waals surface area (Å²) in [6.45, 7) is 2.03. The number of aromatic nitrogens is 1. The number of para-hydroxylation sites is 1. The number of aryl methyl sites for hydroxylation is 1. The minimum atomic E-state index is -3.56. The van der Waals surface area contributed by atoms with E-state index < -0.39 is 9.84 Å². The van der Waals surface area contributed by atoms with Crippen LogP contribution in [-0.2, 0) is 9.84 Å². The quantitative estimate of drug-likeness (QED) is 0.411. The van der Waals surface area contributed by atoms with E-state index in [0.29, 0.717) is 16.4 Å². The molecular weight excluding hydrogens is 340 g/mol. The van der Waals surface area contributed by atoms with E-state index in [1.807, 2.05) is 17.9 Å². The molecule has 0 amide bonds. The summed E-state index contributed by atoms with van der Waals surface area (Å²) in [7, 11) is -3.56. The summed E-state index contributed by atoms with van der Waals surface area (Å²) in [4.78, 5) is 9.03. The van der Waals surface area contributed by atoms with E-state index in [1.165, 1.54) is 0 Å². The Kier molecular flexibility index (Phi) is 2.71. The largest absolute Gasteiger partial charge is 0.290 e. The Morgan fingerprint density at radius 3 is 2.71 bits per heavy atom. The van der Waals surface area contributed by atoms with Crippen molar-refractivity contribution in [3.63, 3.8) is 0 Å². The molecule has 4 nitrogen and oxygen atoms in total. The van der Waals surface area contributed by atoms with E-state index in [1.54, 1.807) is 42.2 Å². The Morgan fingerprint density at radius 2 is 1.83 bits per heavy atom. The third-order valence-corrected chi connectivity index (χ3v) is 7.22. The molecule has 24 heavy (non-hydrogen) atoms. The molecule has 0 unspecified atom stereocenters. The van der Waals surface area contributed by atoms with Gasteiger partial charge in [0.1, 0.15) is 4.90 Å². The molecule has 3 aromatic rings. The van der Waals surface area contributed by atoms with Gasteiger partial charge in [-0.15, -0.1) is 0 Å². The lowest BCUT2D eigenvalue weighted by Gasteiger charge is -2.37. The summed E-state index contributed by atoms with van der Waals surface area (Å²) in [6.07, 6.45) is 1.64. The van der Waals surface area contributed by atoms with E-state index in [9.17, 15) is 8.42 Å². The summed E-state index contributed by atoms with van der Waals surface area (Å²) in [6, 6.07) is 15.0. The van der Waals surface area contributed by atoms with Crippen molar-refractivity contribution in [1.29, 1.82) is 0 Å². The van der Waals surface area contributed by atoms with Gasteiger partial charge in [0, 0.05) is 16.0 Å². The lowest BCUT2D eigenvalue weighted by Crippen LogP contribution is -2.25. The van der Waals surface area contributed by atoms with E-state index in [2.05, 4.69) is 23.2 Å². The number of anilines is 3. The molecule has 0 radical (unpaired) electrons. The molecule has 3 heterocycles. The number of hydrogen-bond donors (Lipinski definition) is 0. The highest BCUT2D eigenvalue weighted by Gasteiger charge is 2.40. The second-order valence-electron chi connectivity index (χ2n) is 5.84. The third kappa shape index (κ3) is 1.70. The SMILES string of the molecule is Cc1ccc2c(c1)N1c3ncccc3S(=O)(=O)c3cccc(c31)S2. The Morgan fingerprint density at radius 1 is 1.00 bits per heavy atom. The van der Waals surface area contributed by atoms with Gasteiger partial charge in [0.25, 0.3) is 0 Å². The Bertz CT molecular complexity index is 1120. The summed E-state index contributed by atoms with van der Waals surface area (Å²) in [5.41, 5.74) is 2.82. The van der Waals surface area contributed by atoms with Crippen molar-refractivity contribution in [2.75, 3.05) is 4.90 Å². The van der Waals surface area contributed by atoms with Crippen LogP contribution in [0, 0.1) is 6.92 Å². The maximum Gasteiger partial charge on any atom is 0.212 e. The van der Waals surface area contributed by atoms with Gasteiger partial charge in [-0.05, 0) is 48.9 Å². The van der Waals surface area contributed by atoms with Crippen molar-refractivity contribution in [2.24, 2.45) is 0 Å². The number of hydrogen-bond acceptors (Lipinski definition) is 5. The van der Waals surface area contributed by atoms with E-state index in [-0.39, 0.29) is 4.90 Å². The van der Waals surface area contributed by atoms with Crippen LogP contribution in [0.15, 0.2) is 74.3 Å². The second-order valence-corrected chi connectivity index (χ2v) is 8.81. The zero-order valence-corrected chi connectivity index (χ0v) is 14.4. The van der Waals surface area contributed by atoms with Gasteiger partial charge in [-0.3, -0.25) is 4.90 Å². The molecular formula is C18H12N2O2S2. The monoisotopic (exact) mass is 352 g/mol. The van der Waals surface area contributed by atoms with Crippen LogP contribution in [-0.4, -0.2) is 13.4 Å². The normalized spacial score (nSPS) is 16.1. The first-order valence-electron chi connectivity index (χ1n) is 7.49. The molecule has 1 aromatic heterocycles. The van der Waals surface area contributed by atoms with Gasteiger partial charge in [-0.2, -0.15) is 0 Å². The minimum absolute atomic E-state index is 0.258. The number of nitrogens with zero attached hydrogens (tertiary/aromatic N) is 2. The van der Waals surface area contributed by atoms with Gasteiger partial charge < -0.3 is 0 Å². The highest BCUT2D eigenvalue weighted by Crippen LogP contribution is 2.57. The van der Waals surface area contributed by atoms with Crippen LogP contribution in [0.4, 0.5) is 17.2 Å². The predicted molar refractivity (Wildman–Crippen MR) is 93.2 cm³/mol. The van der Waals surface area contributed by atoms with Crippen molar-refractivity contribution in [3.05, 3.63) is 60.3 Å². The van der Waals surface area contributed by atoms with Crippen LogP contribution in [0.3, 0.4) is 0 Å². The zero-order chi connectivity index (χ0) is 16.5. The lowest BCUT2D eigenvalue weighted by molar-refractivity contribution is 0.594. The van der Waals surface area contributed by atoms with Crippen LogP contribution >= 0.6 is 11.8 Å².